The summed E-state index contributed by atoms with van der Waals surface area (Å²) in [6, 6.07) is 12.1. The molecule has 0 unspecified atom stereocenters. The molecule has 0 aliphatic carbocycles. The van der Waals surface area contributed by atoms with Crippen LogP contribution in [0.2, 0.25) is 0 Å². The number of benzene rings is 2. The van der Waals surface area contributed by atoms with E-state index in [4.69, 9.17) is 12.2 Å². The molecule has 132 valence electrons. The highest BCUT2D eigenvalue weighted by Gasteiger charge is 2.30. The van der Waals surface area contributed by atoms with Crippen molar-refractivity contribution in [1.82, 2.24) is 15.4 Å². The first kappa shape index (κ1) is 17.7. The number of nitrogens with zero attached hydrogens (tertiary/aromatic N) is 3. The van der Waals surface area contributed by atoms with Crippen LogP contribution >= 0.6 is 12.2 Å². The first-order chi connectivity index (χ1) is 12.4. The first-order valence-electron chi connectivity index (χ1n) is 7.41. The van der Waals surface area contributed by atoms with Crippen LogP contribution in [0.1, 0.15) is 11.3 Å². The molecule has 0 aliphatic rings. The Bertz CT molecular complexity index is 972. The molecular formula is C17H12F3N5S. The zero-order valence-corrected chi connectivity index (χ0v) is 14.0. The summed E-state index contributed by atoms with van der Waals surface area (Å²) < 4.78 is 38.1. The predicted molar refractivity (Wildman–Crippen MR) is 97.9 cm³/mol. The molecule has 9 heteroatoms. The van der Waals surface area contributed by atoms with Gasteiger partial charge in [0, 0.05) is 5.69 Å². The van der Waals surface area contributed by atoms with E-state index in [1.54, 1.807) is 6.20 Å². The van der Waals surface area contributed by atoms with Crippen LogP contribution in [0.5, 0.6) is 0 Å². The molecule has 0 bridgehead atoms. The van der Waals surface area contributed by atoms with Crippen molar-refractivity contribution in [3.8, 4) is 0 Å². The van der Waals surface area contributed by atoms with E-state index in [1.807, 2.05) is 24.3 Å². The van der Waals surface area contributed by atoms with Gasteiger partial charge in [0.1, 0.15) is 5.69 Å². The fraction of sp³-hybridized carbons (Fsp3) is 0.0588. The third-order valence-corrected chi connectivity index (χ3v) is 3.47. The van der Waals surface area contributed by atoms with Gasteiger partial charge in [0.15, 0.2) is 5.11 Å². The lowest BCUT2D eigenvalue weighted by atomic mass is 10.2. The molecule has 2 N–H and O–H groups in total. The molecule has 2 aromatic carbocycles. The number of alkyl halides is 3. The van der Waals surface area contributed by atoms with Crippen LogP contribution in [0, 0.1) is 0 Å². The highest BCUT2D eigenvalue weighted by atomic mass is 32.1. The Labute approximate surface area is 152 Å². The summed E-state index contributed by atoms with van der Waals surface area (Å²) in [6.45, 7) is 0. The Morgan fingerprint density at radius 1 is 1.08 bits per heavy atom. The predicted octanol–water partition coefficient (Wildman–Crippen LogP) is 3.97. The van der Waals surface area contributed by atoms with E-state index in [2.05, 4.69) is 25.8 Å². The van der Waals surface area contributed by atoms with E-state index in [0.717, 1.165) is 23.2 Å². The second-order valence-electron chi connectivity index (χ2n) is 5.19. The zero-order chi connectivity index (χ0) is 18.6. The minimum Gasteiger partial charge on any atom is -0.331 e. The molecule has 0 saturated heterocycles. The van der Waals surface area contributed by atoms with E-state index in [0.29, 0.717) is 5.69 Å². The molecular weight excluding hydrogens is 363 g/mol. The number of hydrazone groups is 1. The van der Waals surface area contributed by atoms with Crippen molar-refractivity contribution >= 4 is 40.3 Å². The Hall–Kier alpha value is -3.07. The number of fused-ring (bicyclic) bond motifs is 1. The average Bonchev–Trinajstić information content (AvgIpc) is 2.61. The number of anilines is 1. The van der Waals surface area contributed by atoms with Crippen LogP contribution in [0.4, 0.5) is 18.9 Å². The maximum Gasteiger partial charge on any atom is 0.416 e. The molecule has 3 rings (SSSR count). The Balaban J connectivity index is 1.62. The van der Waals surface area contributed by atoms with Crippen LogP contribution in [-0.2, 0) is 6.18 Å². The summed E-state index contributed by atoms with van der Waals surface area (Å²) >= 11 is 5.01. The normalized spacial score (nSPS) is 11.7. The lowest BCUT2D eigenvalue weighted by Gasteiger charge is -2.10. The van der Waals surface area contributed by atoms with Gasteiger partial charge in [0.05, 0.1) is 29.0 Å². The quantitative estimate of drug-likeness (QED) is 0.412. The van der Waals surface area contributed by atoms with Crippen LogP contribution in [0.15, 0.2) is 59.8 Å². The summed E-state index contributed by atoms with van der Waals surface area (Å²) in [5.74, 6) is 0. The van der Waals surface area contributed by atoms with Crippen LogP contribution in [0.3, 0.4) is 0 Å². The molecule has 0 amide bonds. The van der Waals surface area contributed by atoms with E-state index in [9.17, 15) is 13.2 Å². The van der Waals surface area contributed by atoms with Gasteiger partial charge >= 0.3 is 6.18 Å². The summed E-state index contributed by atoms with van der Waals surface area (Å²) in [7, 11) is 0. The Kier molecular flexibility index (Phi) is 5.08. The van der Waals surface area contributed by atoms with Gasteiger partial charge in [-0.05, 0) is 42.5 Å². The lowest BCUT2D eigenvalue weighted by molar-refractivity contribution is -0.137. The molecule has 0 atom stereocenters. The molecule has 3 aromatic rings. The van der Waals surface area contributed by atoms with Gasteiger partial charge in [-0.3, -0.25) is 10.4 Å². The number of nitrogens with one attached hydrogen (secondary N) is 2. The van der Waals surface area contributed by atoms with Crippen molar-refractivity contribution in [3.63, 3.8) is 0 Å². The third-order valence-electron chi connectivity index (χ3n) is 3.28. The van der Waals surface area contributed by atoms with E-state index >= 15 is 0 Å². The summed E-state index contributed by atoms with van der Waals surface area (Å²) in [5, 5.41) is 6.60. The van der Waals surface area contributed by atoms with Gasteiger partial charge < -0.3 is 5.32 Å². The van der Waals surface area contributed by atoms with E-state index < -0.39 is 11.7 Å². The average molecular weight is 375 g/mol. The number of thiocarbonyl (C=S) groups is 1. The van der Waals surface area contributed by atoms with Gasteiger partial charge in [-0.25, -0.2) is 4.98 Å². The van der Waals surface area contributed by atoms with Crippen molar-refractivity contribution in [2.75, 3.05) is 5.32 Å². The molecule has 0 saturated carbocycles. The van der Waals surface area contributed by atoms with Gasteiger partial charge in [0.2, 0.25) is 0 Å². The maximum atomic E-state index is 12.7. The van der Waals surface area contributed by atoms with Gasteiger partial charge in [-0.15, -0.1) is 0 Å². The summed E-state index contributed by atoms with van der Waals surface area (Å²) in [4.78, 5) is 8.60. The fourth-order valence-corrected chi connectivity index (χ4v) is 2.29. The van der Waals surface area contributed by atoms with Crippen molar-refractivity contribution in [3.05, 3.63) is 66.0 Å². The highest BCUT2D eigenvalue weighted by Crippen LogP contribution is 2.30. The van der Waals surface area contributed by atoms with Gasteiger partial charge in [-0.1, -0.05) is 18.2 Å². The number of para-hydroxylation sites is 2. The number of aromatic nitrogens is 2. The topological polar surface area (TPSA) is 62.2 Å². The van der Waals surface area contributed by atoms with Crippen LogP contribution < -0.4 is 10.7 Å². The van der Waals surface area contributed by atoms with Crippen molar-refractivity contribution in [2.24, 2.45) is 5.10 Å². The second-order valence-corrected chi connectivity index (χ2v) is 5.59. The van der Waals surface area contributed by atoms with Crippen molar-refractivity contribution in [1.29, 1.82) is 0 Å². The first-order valence-corrected chi connectivity index (χ1v) is 7.82. The molecule has 1 heterocycles. The minimum atomic E-state index is -4.42. The summed E-state index contributed by atoms with van der Waals surface area (Å²) in [5.41, 5.74) is 3.97. The molecule has 26 heavy (non-hydrogen) atoms. The smallest absolute Gasteiger partial charge is 0.331 e. The number of rotatable bonds is 3. The maximum absolute atomic E-state index is 12.7. The largest absolute Gasteiger partial charge is 0.416 e. The van der Waals surface area contributed by atoms with Gasteiger partial charge in [0.25, 0.3) is 0 Å². The highest BCUT2D eigenvalue weighted by molar-refractivity contribution is 7.80. The zero-order valence-electron chi connectivity index (χ0n) is 13.2. The fourth-order valence-electron chi connectivity index (χ4n) is 2.12. The molecule has 0 spiro atoms. The SMILES string of the molecule is FC(F)(F)c1cccc(NC(=S)N/N=C\c2cnc3ccccc3n2)c1. The summed E-state index contributed by atoms with van der Waals surface area (Å²) in [6.07, 6.45) is -1.45. The molecule has 1 aromatic heterocycles. The van der Waals surface area contributed by atoms with E-state index in [-0.39, 0.29) is 10.8 Å². The molecule has 0 fully saturated rings. The number of hydrogen-bond donors (Lipinski definition) is 2. The Morgan fingerprint density at radius 2 is 1.85 bits per heavy atom. The lowest BCUT2D eigenvalue weighted by Crippen LogP contribution is -2.24. The minimum absolute atomic E-state index is 0.0503. The Morgan fingerprint density at radius 3 is 2.62 bits per heavy atom. The number of hydrogen-bond acceptors (Lipinski definition) is 4. The molecule has 0 aliphatic heterocycles. The van der Waals surface area contributed by atoms with Crippen LogP contribution in [-0.4, -0.2) is 21.3 Å². The third kappa shape index (κ3) is 4.51. The van der Waals surface area contributed by atoms with Gasteiger partial charge in [-0.2, -0.15) is 18.3 Å². The second kappa shape index (κ2) is 7.44. The van der Waals surface area contributed by atoms with E-state index in [1.165, 1.54) is 18.3 Å². The standard InChI is InChI=1S/C17H12F3N5S/c18-17(19,20)11-4-3-5-12(8-11)24-16(26)25-22-10-13-9-21-14-6-1-2-7-15(14)23-13/h1-10H,(H2,24,25,26)/b22-10-. The van der Waals surface area contributed by atoms with Crippen molar-refractivity contribution in [2.45, 2.75) is 6.18 Å². The molecule has 5 nitrogen and oxygen atoms in total. The number of halogens is 3. The molecule has 0 radical (unpaired) electrons. The van der Waals surface area contributed by atoms with Crippen molar-refractivity contribution < 1.29 is 13.2 Å². The van der Waals surface area contributed by atoms with Crippen LogP contribution in [0.25, 0.3) is 11.0 Å². The monoisotopic (exact) mass is 375 g/mol.